The number of carbonyl (C=O) groups excluding carboxylic acids is 1. The summed E-state index contributed by atoms with van der Waals surface area (Å²) in [6, 6.07) is 9.75. The summed E-state index contributed by atoms with van der Waals surface area (Å²) in [5.41, 5.74) is 0.880. The number of amides is 1. The number of rotatable bonds is 4. The fourth-order valence-corrected chi connectivity index (χ4v) is 2.07. The summed E-state index contributed by atoms with van der Waals surface area (Å²) in [7, 11) is 0. The zero-order chi connectivity index (χ0) is 16.5. The molecule has 3 nitrogen and oxygen atoms in total. The van der Waals surface area contributed by atoms with Gasteiger partial charge < -0.3 is 9.64 Å². The van der Waals surface area contributed by atoms with Gasteiger partial charge in [0.05, 0.1) is 6.10 Å². The maximum atomic E-state index is 12.3. The van der Waals surface area contributed by atoms with E-state index in [9.17, 15) is 4.79 Å². The number of benzene rings is 1. The van der Waals surface area contributed by atoms with Crippen LogP contribution in [0.3, 0.4) is 0 Å². The van der Waals surface area contributed by atoms with Crippen LogP contribution in [-0.2, 0) is 4.74 Å². The van der Waals surface area contributed by atoms with Crippen molar-refractivity contribution in [2.24, 2.45) is 0 Å². The monoisotopic (exact) mass is 305 g/mol. The van der Waals surface area contributed by atoms with Gasteiger partial charge in [0.1, 0.15) is 0 Å². The molecule has 4 heteroatoms. The van der Waals surface area contributed by atoms with E-state index in [1.54, 1.807) is 17.1 Å². The van der Waals surface area contributed by atoms with E-state index in [1.165, 1.54) is 0 Å². The van der Waals surface area contributed by atoms with E-state index >= 15 is 0 Å². The molecule has 0 saturated heterocycles. The van der Waals surface area contributed by atoms with Gasteiger partial charge in [-0.2, -0.15) is 12.0 Å². The maximum absolute atomic E-state index is 12.3. The molecule has 1 rings (SSSR count). The first-order chi connectivity index (χ1) is 10.5. The smallest absolute Gasteiger partial charge is 0.465 e. The maximum Gasteiger partial charge on any atom is 1.00 e. The summed E-state index contributed by atoms with van der Waals surface area (Å²) >= 11 is 0. The molecule has 0 aliphatic rings. The van der Waals surface area contributed by atoms with Crippen LogP contribution >= 0.6 is 0 Å². The van der Waals surface area contributed by atoms with Gasteiger partial charge in [-0.15, -0.1) is 6.08 Å². The minimum Gasteiger partial charge on any atom is -0.465 e. The number of nitrogens with zero attached hydrogens (tertiary/aromatic N) is 1. The van der Waals surface area contributed by atoms with Gasteiger partial charge in [0, 0.05) is 12.1 Å². The van der Waals surface area contributed by atoms with E-state index in [-0.39, 0.29) is 37.0 Å². The second-order valence-electron chi connectivity index (χ2n) is 5.44. The minimum absolute atomic E-state index is 0. The summed E-state index contributed by atoms with van der Waals surface area (Å²) in [4.78, 5) is 14.0. The van der Waals surface area contributed by atoms with Crippen molar-refractivity contribution in [3.05, 3.63) is 54.2 Å². The SMILES string of the molecule is C/C=C/[C-](C#Cc1ccccc1)OC(=O)N(C(C)C)C(C)C.[Li+]. The van der Waals surface area contributed by atoms with Crippen molar-refractivity contribution in [1.29, 1.82) is 0 Å². The largest absolute Gasteiger partial charge is 1.00 e. The van der Waals surface area contributed by atoms with Crippen molar-refractivity contribution in [1.82, 2.24) is 4.90 Å². The standard InChI is InChI=1S/C19H24NO2.Li/c1-6-10-18(14-13-17-11-8-7-9-12-17)22-19(21)20(15(2)3)16(4)5;/h6-12,15-16H,1-5H3;/q-1;+1/b10-6+;. The Hall–Kier alpha value is -1.74. The van der Waals surface area contributed by atoms with Crippen LogP contribution in [0.4, 0.5) is 4.79 Å². The first-order valence-electron chi connectivity index (χ1n) is 7.52. The molecule has 1 aromatic carbocycles. The molecule has 0 atom stereocenters. The van der Waals surface area contributed by atoms with Gasteiger partial charge in [-0.1, -0.05) is 37.3 Å². The van der Waals surface area contributed by atoms with Crippen LogP contribution in [0.5, 0.6) is 0 Å². The van der Waals surface area contributed by atoms with Gasteiger partial charge in [0.2, 0.25) is 0 Å². The van der Waals surface area contributed by atoms with Gasteiger partial charge in [-0.25, -0.2) is 10.7 Å². The molecule has 1 aromatic rings. The molecule has 0 N–H and O–H groups in total. The van der Waals surface area contributed by atoms with Crippen LogP contribution in [0.2, 0.25) is 0 Å². The van der Waals surface area contributed by atoms with Crippen LogP contribution in [0.15, 0.2) is 42.5 Å². The van der Waals surface area contributed by atoms with Crippen molar-refractivity contribution < 1.29 is 28.4 Å². The third-order valence-electron chi connectivity index (χ3n) is 2.94. The van der Waals surface area contributed by atoms with E-state index in [2.05, 4.69) is 11.8 Å². The van der Waals surface area contributed by atoms with Crippen molar-refractivity contribution in [3.63, 3.8) is 0 Å². The first kappa shape index (κ1) is 21.3. The Labute approximate surface area is 152 Å². The molecule has 0 heterocycles. The molecule has 0 bridgehead atoms. The Morgan fingerprint density at radius 1 is 1.17 bits per heavy atom. The number of ether oxygens (including phenoxy) is 1. The Balaban J connectivity index is 0.00000484. The van der Waals surface area contributed by atoms with Gasteiger partial charge >= 0.3 is 25.0 Å². The average molecular weight is 305 g/mol. The molecule has 0 saturated carbocycles. The topological polar surface area (TPSA) is 29.5 Å². The van der Waals surface area contributed by atoms with Gasteiger partial charge in [-0.05, 0) is 33.3 Å². The molecule has 1 amide bonds. The zero-order valence-corrected chi connectivity index (χ0v) is 15.0. The predicted molar refractivity (Wildman–Crippen MR) is 90.0 cm³/mol. The quantitative estimate of drug-likeness (QED) is 0.478. The normalized spacial score (nSPS) is 10.0. The molecule has 118 valence electrons. The van der Waals surface area contributed by atoms with Crippen molar-refractivity contribution in [2.75, 3.05) is 0 Å². The Morgan fingerprint density at radius 3 is 2.22 bits per heavy atom. The summed E-state index contributed by atoms with van der Waals surface area (Å²) in [6.07, 6.45) is 3.48. The van der Waals surface area contributed by atoms with Crippen LogP contribution < -0.4 is 18.9 Å². The average Bonchev–Trinajstić information content (AvgIpc) is 2.45. The Morgan fingerprint density at radius 2 is 1.74 bits per heavy atom. The second-order valence-corrected chi connectivity index (χ2v) is 5.44. The first-order valence-corrected chi connectivity index (χ1v) is 7.52. The van der Waals surface area contributed by atoms with E-state index < -0.39 is 0 Å². The third-order valence-corrected chi connectivity index (χ3v) is 2.94. The van der Waals surface area contributed by atoms with E-state index in [1.807, 2.05) is 65.0 Å². The van der Waals surface area contributed by atoms with E-state index in [4.69, 9.17) is 4.74 Å². The van der Waals surface area contributed by atoms with E-state index in [0.29, 0.717) is 6.10 Å². The molecule has 0 spiro atoms. The van der Waals surface area contributed by atoms with Crippen molar-refractivity contribution in [3.8, 4) is 11.8 Å². The number of carbonyl (C=O) groups is 1. The van der Waals surface area contributed by atoms with Gasteiger partial charge in [-0.3, -0.25) is 0 Å². The minimum atomic E-state index is -0.375. The molecule has 0 radical (unpaired) electrons. The van der Waals surface area contributed by atoms with Crippen LogP contribution in [0, 0.1) is 17.9 Å². The van der Waals surface area contributed by atoms with Gasteiger partial charge in [0.15, 0.2) is 0 Å². The van der Waals surface area contributed by atoms with Crippen molar-refractivity contribution in [2.45, 2.75) is 46.7 Å². The fourth-order valence-electron chi connectivity index (χ4n) is 2.07. The summed E-state index contributed by atoms with van der Waals surface area (Å²) in [5, 5.41) is 0. The summed E-state index contributed by atoms with van der Waals surface area (Å²) in [5.74, 6) is 5.91. The van der Waals surface area contributed by atoms with Crippen LogP contribution in [-0.4, -0.2) is 23.1 Å². The van der Waals surface area contributed by atoms with E-state index in [0.717, 1.165) is 5.56 Å². The molecule has 0 aliphatic heterocycles. The molecule has 0 aliphatic carbocycles. The summed E-state index contributed by atoms with van der Waals surface area (Å²) < 4.78 is 5.44. The Bertz CT molecular complexity index is 548. The Kier molecular flexibility index (Phi) is 10.1. The number of hydrogen-bond acceptors (Lipinski definition) is 2. The van der Waals surface area contributed by atoms with Crippen molar-refractivity contribution >= 4 is 6.09 Å². The van der Waals surface area contributed by atoms with Gasteiger partial charge in [0.25, 0.3) is 0 Å². The number of hydrogen-bond donors (Lipinski definition) is 0. The fraction of sp³-hybridized carbons (Fsp3) is 0.368. The second kappa shape index (κ2) is 10.9. The molecular formula is C19H24LiNO2. The molecule has 23 heavy (non-hydrogen) atoms. The summed E-state index contributed by atoms with van der Waals surface area (Å²) in [6.45, 7) is 9.72. The molecule has 0 aromatic heterocycles. The third kappa shape index (κ3) is 7.38. The molecular weight excluding hydrogens is 281 g/mol. The van der Waals surface area contributed by atoms with Crippen LogP contribution in [0.25, 0.3) is 0 Å². The molecule has 0 fully saturated rings. The number of allylic oxidation sites excluding steroid dienone is 1. The molecule has 0 unspecified atom stereocenters. The zero-order valence-electron chi connectivity index (χ0n) is 15.0. The predicted octanol–water partition coefficient (Wildman–Crippen LogP) is 1.41. The van der Waals surface area contributed by atoms with Crippen LogP contribution in [0.1, 0.15) is 40.2 Å².